The Labute approximate surface area is 189 Å². The van der Waals surface area contributed by atoms with E-state index in [1.807, 2.05) is 25.5 Å². The number of nitrogens with zero attached hydrogens (tertiary/aromatic N) is 4. The van der Waals surface area contributed by atoms with Crippen molar-refractivity contribution in [3.8, 4) is 0 Å². The fourth-order valence-electron chi connectivity index (χ4n) is 4.04. The molecule has 9 nitrogen and oxygen atoms in total. The lowest BCUT2D eigenvalue weighted by molar-refractivity contribution is -0.132. The first kappa shape index (κ1) is 24.2. The topological polar surface area (TPSA) is 105 Å². The molecule has 2 amide bonds. The quantitative estimate of drug-likeness (QED) is 0.609. The number of hydrogen-bond donors (Lipinski definition) is 1. The summed E-state index contributed by atoms with van der Waals surface area (Å²) in [5, 5.41) is 2.67. The van der Waals surface area contributed by atoms with Gasteiger partial charge in [-0.1, -0.05) is 6.42 Å². The van der Waals surface area contributed by atoms with Crippen LogP contribution in [0, 0.1) is 0 Å². The summed E-state index contributed by atoms with van der Waals surface area (Å²) in [6.07, 6.45) is 3.42. The van der Waals surface area contributed by atoms with Crippen LogP contribution in [0.25, 0.3) is 11.0 Å². The highest BCUT2D eigenvalue weighted by Gasteiger charge is 2.26. The summed E-state index contributed by atoms with van der Waals surface area (Å²) in [6, 6.07) is 5.01. The van der Waals surface area contributed by atoms with Crippen LogP contribution in [0.1, 0.15) is 45.4 Å². The van der Waals surface area contributed by atoms with Gasteiger partial charge in [0, 0.05) is 46.1 Å². The SMILES string of the molecule is CCN(CC)C(=O)CNC(=O)CCc1nc2cc(S(=O)(=O)N3CCCCC3)ccc2n1C. The minimum absolute atomic E-state index is 0.0131. The third-order valence-corrected chi connectivity index (χ3v) is 7.92. The number of sulfonamides is 1. The fourth-order valence-corrected chi connectivity index (χ4v) is 5.58. The van der Waals surface area contributed by atoms with E-state index in [1.165, 1.54) is 0 Å². The van der Waals surface area contributed by atoms with Gasteiger partial charge < -0.3 is 14.8 Å². The van der Waals surface area contributed by atoms with E-state index in [9.17, 15) is 18.0 Å². The number of aromatic nitrogens is 2. The zero-order valence-electron chi connectivity index (χ0n) is 19.1. The first-order chi connectivity index (χ1) is 15.3. The van der Waals surface area contributed by atoms with Crippen LogP contribution < -0.4 is 5.32 Å². The predicted octanol–water partition coefficient (Wildman–Crippen LogP) is 1.67. The second-order valence-electron chi connectivity index (χ2n) is 8.05. The Kier molecular flexibility index (Phi) is 7.89. The minimum Gasteiger partial charge on any atom is -0.347 e. The molecule has 1 aliphatic rings. The predicted molar refractivity (Wildman–Crippen MR) is 123 cm³/mol. The number of benzene rings is 1. The molecule has 176 valence electrons. The molecule has 1 saturated heterocycles. The van der Waals surface area contributed by atoms with E-state index < -0.39 is 10.0 Å². The van der Waals surface area contributed by atoms with Crippen LogP contribution >= 0.6 is 0 Å². The van der Waals surface area contributed by atoms with Crippen molar-refractivity contribution in [3.05, 3.63) is 24.0 Å². The molecular formula is C22H33N5O4S. The molecule has 3 rings (SSSR count). The molecule has 32 heavy (non-hydrogen) atoms. The number of imidazole rings is 1. The Hall–Kier alpha value is -2.46. The number of aryl methyl sites for hydroxylation is 2. The Balaban J connectivity index is 1.66. The van der Waals surface area contributed by atoms with E-state index in [4.69, 9.17) is 0 Å². The van der Waals surface area contributed by atoms with Crippen LogP contribution in [0.2, 0.25) is 0 Å². The highest BCUT2D eigenvalue weighted by Crippen LogP contribution is 2.24. The van der Waals surface area contributed by atoms with Crippen molar-refractivity contribution in [2.75, 3.05) is 32.7 Å². The number of amides is 2. The largest absolute Gasteiger partial charge is 0.347 e. The van der Waals surface area contributed by atoms with Gasteiger partial charge in [-0.25, -0.2) is 13.4 Å². The van der Waals surface area contributed by atoms with E-state index in [1.54, 1.807) is 27.4 Å². The maximum Gasteiger partial charge on any atom is 0.243 e. The standard InChI is InChI=1S/C22H33N5O4S/c1-4-26(5-2)22(29)16-23-21(28)12-11-20-24-18-15-17(9-10-19(18)25(20)3)32(30,31)27-13-7-6-8-14-27/h9-10,15H,4-8,11-14,16H2,1-3H3,(H,23,28). The van der Waals surface area contributed by atoms with Gasteiger partial charge in [-0.3, -0.25) is 9.59 Å². The zero-order chi connectivity index (χ0) is 23.3. The van der Waals surface area contributed by atoms with E-state index in [0.29, 0.717) is 43.9 Å². The van der Waals surface area contributed by atoms with Gasteiger partial charge in [-0.2, -0.15) is 4.31 Å². The van der Waals surface area contributed by atoms with Gasteiger partial charge in [0.2, 0.25) is 21.8 Å². The average molecular weight is 464 g/mol. The summed E-state index contributed by atoms with van der Waals surface area (Å²) < 4.78 is 29.3. The second-order valence-corrected chi connectivity index (χ2v) is 9.98. The van der Waals surface area contributed by atoms with Gasteiger partial charge in [0.1, 0.15) is 5.82 Å². The van der Waals surface area contributed by atoms with Crippen molar-refractivity contribution < 1.29 is 18.0 Å². The molecule has 2 aromatic rings. The normalized spacial score (nSPS) is 15.1. The van der Waals surface area contributed by atoms with E-state index in [2.05, 4.69) is 10.3 Å². The van der Waals surface area contributed by atoms with Crippen molar-refractivity contribution in [1.29, 1.82) is 0 Å². The monoisotopic (exact) mass is 463 g/mol. The van der Waals surface area contributed by atoms with Gasteiger partial charge >= 0.3 is 0 Å². The third kappa shape index (κ3) is 5.29. The fraction of sp³-hybridized carbons (Fsp3) is 0.591. The molecule has 1 aromatic heterocycles. The maximum absolute atomic E-state index is 13.0. The Morgan fingerprint density at radius 2 is 1.81 bits per heavy atom. The number of hydrogen-bond acceptors (Lipinski definition) is 5. The van der Waals surface area contributed by atoms with Crippen LogP contribution in [0.15, 0.2) is 23.1 Å². The first-order valence-corrected chi connectivity index (χ1v) is 12.7. The second kappa shape index (κ2) is 10.4. The highest BCUT2D eigenvalue weighted by molar-refractivity contribution is 7.89. The Morgan fingerprint density at radius 3 is 2.47 bits per heavy atom. The molecule has 0 spiro atoms. The Morgan fingerprint density at radius 1 is 1.12 bits per heavy atom. The lowest BCUT2D eigenvalue weighted by Gasteiger charge is -2.25. The molecule has 1 aliphatic heterocycles. The molecule has 0 bridgehead atoms. The molecule has 0 atom stereocenters. The highest BCUT2D eigenvalue weighted by atomic mass is 32.2. The molecule has 0 radical (unpaired) electrons. The van der Waals surface area contributed by atoms with E-state index in [-0.39, 0.29) is 29.7 Å². The van der Waals surface area contributed by atoms with E-state index >= 15 is 0 Å². The number of nitrogens with one attached hydrogen (secondary N) is 1. The van der Waals surface area contributed by atoms with Gasteiger partial charge in [0.25, 0.3) is 0 Å². The molecule has 2 heterocycles. The third-order valence-electron chi connectivity index (χ3n) is 6.03. The molecule has 1 N–H and O–H groups in total. The summed E-state index contributed by atoms with van der Waals surface area (Å²) >= 11 is 0. The molecule has 10 heteroatoms. The molecule has 1 fully saturated rings. The summed E-state index contributed by atoms with van der Waals surface area (Å²) in [5.41, 5.74) is 1.41. The lowest BCUT2D eigenvalue weighted by Crippen LogP contribution is -2.40. The van der Waals surface area contributed by atoms with Crippen molar-refractivity contribution >= 4 is 32.9 Å². The van der Waals surface area contributed by atoms with Gasteiger partial charge in [-0.05, 0) is 44.9 Å². The van der Waals surface area contributed by atoms with Crippen LogP contribution in [-0.4, -0.2) is 71.7 Å². The molecule has 0 unspecified atom stereocenters. The summed E-state index contributed by atoms with van der Waals surface area (Å²) in [6.45, 7) is 6.12. The average Bonchev–Trinajstić information content (AvgIpc) is 3.12. The van der Waals surface area contributed by atoms with Crippen molar-refractivity contribution in [2.45, 2.75) is 50.8 Å². The van der Waals surface area contributed by atoms with Crippen molar-refractivity contribution in [1.82, 2.24) is 24.1 Å². The lowest BCUT2D eigenvalue weighted by atomic mass is 10.2. The van der Waals surface area contributed by atoms with Gasteiger partial charge in [-0.15, -0.1) is 0 Å². The number of rotatable bonds is 9. The molecular weight excluding hydrogens is 430 g/mol. The number of carbonyl (C=O) groups is 2. The van der Waals surface area contributed by atoms with Crippen LogP contribution in [0.3, 0.4) is 0 Å². The maximum atomic E-state index is 13.0. The van der Waals surface area contributed by atoms with Crippen LogP contribution in [0.5, 0.6) is 0 Å². The summed E-state index contributed by atoms with van der Waals surface area (Å²) in [4.78, 5) is 30.7. The van der Waals surface area contributed by atoms with Crippen LogP contribution in [0.4, 0.5) is 0 Å². The van der Waals surface area contributed by atoms with Crippen molar-refractivity contribution in [2.24, 2.45) is 7.05 Å². The summed E-state index contributed by atoms with van der Waals surface area (Å²) in [5.74, 6) is 0.372. The zero-order valence-corrected chi connectivity index (χ0v) is 19.9. The molecule has 0 saturated carbocycles. The molecule has 0 aliphatic carbocycles. The van der Waals surface area contributed by atoms with Gasteiger partial charge in [0.15, 0.2) is 0 Å². The number of piperidine rings is 1. The number of carbonyl (C=O) groups excluding carboxylic acids is 2. The number of fused-ring (bicyclic) bond motifs is 1. The minimum atomic E-state index is -3.53. The Bertz CT molecular complexity index is 1070. The van der Waals surface area contributed by atoms with Crippen molar-refractivity contribution in [3.63, 3.8) is 0 Å². The smallest absolute Gasteiger partial charge is 0.243 e. The number of likely N-dealkylation sites (N-methyl/N-ethyl adjacent to an activating group) is 1. The van der Waals surface area contributed by atoms with Crippen LogP contribution in [-0.2, 0) is 33.1 Å². The first-order valence-electron chi connectivity index (χ1n) is 11.3. The van der Waals surface area contributed by atoms with Gasteiger partial charge in [0.05, 0.1) is 22.5 Å². The molecule has 1 aromatic carbocycles. The summed E-state index contributed by atoms with van der Waals surface area (Å²) in [7, 11) is -1.67. The van der Waals surface area contributed by atoms with E-state index in [0.717, 1.165) is 24.8 Å².